The number of nitrogens with zero attached hydrogens (tertiary/aromatic N) is 3. The Balaban J connectivity index is 1.98. The second kappa shape index (κ2) is 8.67. The van der Waals surface area contributed by atoms with Crippen molar-refractivity contribution in [2.45, 2.75) is 61.0 Å². The fraction of sp³-hybridized carbons (Fsp3) is 0.650. The molecule has 2 unspecified atom stereocenters. The van der Waals surface area contributed by atoms with Gasteiger partial charge in [0.25, 0.3) is 5.88 Å². The number of aromatic nitrogens is 4. The molecule has 0 aliphatic carbocycles. The average molecular weight is 391 g/mol. The zero-order valence-corrected chi connectivity index (χ0v) is 18.3. The van der Waals surface area contributed by atoms with Gasteiger partial charge < -0.3 is 10.1 Å². The Kier molecular flexibility index (Phi) is 6.74. The summed E-state index contributed by atoms with van der Waals surface area (Å²) in [5.41, 5.74) is 1.72. The van der Waals surface area contributed by atoms with Gasteiger partial charge in [0.15, 0.2) is 5.82 Å². The standard InChI is InChI=1S/C20H34N6O2/c1-12(2)14(4)28-18-16(11-26(8)25-18)21-19(27)22-17-10-15(23-24-17)9-13(3)20(5,6)7/h10-14H,9H2,1-8H3,(H3,21,22,23,24,27). The molecule has 0 fully saturated rings. The number of aromatic amines is 1. The number of nitrogens with one attached hydrogen (secondary N) is 3. The molecule has 0 aliphatic rings. The van der Waals surface area contributed by atoms with Gasteiger partial charge in [0.2, 0.25) is 0 Å². The molecule has 156 valence electrons. The van der Waals surface area contributed by atoms with E-state index >= 15 is 0 Å². The van der Waals surface area contributed by atoms with Crippen molar-refractivity contribution in [1.29, 1.82) is 0 Å². The first-order valence-electron chi connectivity index (χ1n) is 9.78. The van der Waals surface area contributed by atoms with Crippen molar-refractivity contribution in [2.24, 2.45) is 24.3 Å². The fourth-order valence-corrected chi connectivity index (χ4v) is 2.39. The first kappa shape index (κ1) is 21.8. The van der Waals surface area contributed by atoms with Crippen LogP contribution in [0.1, 0.15) is 54.2 Å². The Hall–Kier alpha value is -2.51. The molecule has 3 N–H and O–H groups in total. The van der Waals surface area contributed by atoms with Gasteiger partial charge in [-0.05, 0) is 30.6 Å². The SMILES string of the molecule is CC(C)C(C)Oc1nn(C)cc1NC(=O)Nc1cc(CC(C)C(C)(C)C)[nH]n1. The van der Waals surface area contributed by atoms with E-state index in [2.05, 4.69) is 67.5 Å². The molecule has 2 aromatic heterocycles. The molecule has 2 rings (SSSR count). The number of H-pyrrole nitrogens is 1. The summed E-state index contributed by atoms with van der Waals surface area (Å²) in [6.45, 7) is 15.0. The molecule has 8 heteroatoms. The van der Waals surface area contributed by atoms with Gasteiger partial charge in [0.05, 0.1) is 6.20 Å². The lowest BCUT2D eigenvalue weighted by Crippen LogP contribution is -2.22. The Morgan fingerprint density at radius 2 is 1.93 bits per heavy atom. The lowest BCUT2D eigenvalue weighted by Gasteiger charge is -2.26. The van der Waals surface area contributed by atoms with E-state index in [1.54, 1.807) is 17.9 Å². The zero-order valence-electron chi connectivity index (χ0n) is 18.3. The molecule has 0 saturated heterocycles. The largest absolute Gasteiger partial charge is 0.472 e. The summed E-state index contributed by atoms with van der Waals surface area (Å²) in [4.78, 5) is 12.4. The lowest BCUT2D eigenvalue weighted by molar-refractivity contribution is 0.163. The predicted octanol–water partition coefficient (Wildman–Crippen LogP) is 4.44. The van der Waals surface area contributed by atoms with Gasteiger partial charge in [-0.25, -0.2) is 4.79 Å². The highest BCUT2D eigenvalue weighted by molar-refractivity contribution is 5.99. The minimum atomic E-state index is -0.392. The number of urea groups is 1. The van der Waals surface area contributed by atoms with E-state index in [1.165, 1.54) is 0 Å². The summed E-state index contributed by atoms with van der Waals surface area (Å²) in [6.07, 6.45) is 2.56. The van der Waals surface area contributed by atoms with Crippen molar-refractivity contribution < 1.29 is 9.53 Å². The summed E-state index contributed by atoms with van der Waals surface area (Å²) in [5.74, 6) is 1.70. The Labute approximate surface area is 167 Å². The Bertz CT molecular complexity index is 787. The number of carbonyl (C=O) groups is 1. The average Bonchev–Trinajstić information content (AvgIpc) is 3.12. The van der Waals surface area contributed by atoms with Crippen LogP contribution >= 0.6 is 0 Å². The van der Waals surface area contributed by atoms with Crippen molar-refractivity contribution in [1.82, 2.24) is 20.0 Å². The summed E-state index contributed by atoms with van der Waals surface area (Å²) in [7, 11) is 1.78. The molecule has 2 aromatic rings. The second-order valence-electron chi connectivity index (χ2n) is 8.92. The Morgan fingerprint density at radius 3 is 2.54 bits per heavy atom. The highest BCUT2D eigenvalue weighted by Gasteiger charge is 2.21. The molecule has 2 atom stereocenters. The molecule has 0 radical (unpaired) electrons. The predicted molar refractivity (Wildman–Crippen MR) is 112 cm³/mol. The third kappa shape index (κ3) is 6.00. The lowest BCUT2D eigenvalue weighted by atomic mass is 9.79. The molecule has 28 heavy (non-hydrogen) atoms. The van der Waals surface area contributed by atoms with E-state index in [4.69, 9.17) is 4.74 Å². The van der Waals surface area contributed by atoms with Gasteiger partial charge >= 0.3 is 6.03 Å². The van der Waals surface area contributed by atoms with Gasteiger partial charge in [-0.2, -0.15) is 5.10 Å². The van der Waals surface area contributed by atoms with E-state index in [9.17, 15) is 4.79 Å². The van der Waals surface area contributed by atoms with Crippen LogP contribution < -0.4 is 15.4 Å². The molecule has 0 aromatic carbocycles. The van der Waals surface area contributed by atoms with Crippen LogP contribution in [-0.2, 0) is 13.5 Å². The number of carbonyl (C=O) groups excluding carboxylic acids is 1. The third-order valence-corrected chi connectivity index (χ3v) is 5.16. The number of rotatable bonds is 7. The fourth-order valence-electron chi connectivity index (χ4n) is 2.39. The van der Waals surface area contributed by atoms with Gasteiger partial charge in [-0.1, -0.05) is 41.5 Å². The normalized spacial score (nSPS) is 14.0. The summed E-state index contributed by atoms with van der Waals surface area (Å²) in [5, 5.41) is 17.0. The quantitative estimate of drug-likeness (QED) is 0.651. The molecular weight excluding hydrogens is 356 g/mol. The van der Waals surface area contributed by atoms with Gasteiger partial charge in [-0.3, -0.25) is 15.1 Å². The first-order valence-corrected chi connectivity index (χ1v) is 9.78. The second-order valence-corrected chi connectivity index (χ2v) is 8.92. The summed E-state index contributed by atoms with van der Waals surface area (Å²) < 4.78 is 7.47. The van der Waals surface area contributed by atoms with Crippen molar-refractivity contribution in [3.05, 3.63) is 18.0 Å². The van der Waals surface area contributed by atoms with Crippen molar-refractivity contribution in [2.75, 3.05) is 10.6 Å². The first-order chi connectivity index (χ1) is 13.0. The van der Waals surface area contributed by atoms with Crippen LogP contribution in [0.5, 0.6) is 5.88 Å². The molecule has 0 saturated carbocycles. The van der Waals surface area contributed by atoms with Crippen molar-refractivity contribution >= 4 is 17.5 Å². The molecule has 2 amide bonds. The molecule has 0 bridgehead atoms. The smallest absolute Gasteiger partial charge is 0.325 e. The maximum atomic E-state index is 12.4. The number of ether oxygens (including phenoxy) is 1. The Morgan fingerprint density at radius 1 is 1.25 bits per heavy atom. The molecule has 0 aliphatic heterocycles. The molecular formula is C20H34N6O2. The molecule has 8 nitrogen and oxygen atoms in total. The van der Waals surface area contributed by atoms with E-state index in [0.29, 0.717) is 29.2 Å². The van der Waals surface area contributed by atoms with E-state index in [0.717, 1.165) is 12.1 Å². The van der Waals surface area contributed by atoms with Crippen molar-refractivity contribution in [3.63, 3.8) is 0 Å². The number of aryl methyl sites for hydroxylation is 1. The number of anilines is 2. The van der Waals surface area contributed by atoms with Crippen LogP contribution in [0.3, 0.4) is 0 Å². The number of amides is 2. The van der Waals surface area contributed by atoms with Gasteiger partial charge in [-0.15, -0.1) is 5.10 Å². The number of hydrogen-bond acceptors (Lipinski definition) is 4. The van der Waals surface area contributed by atoms with Crippen LogP contribution in [0.15, 0.2) is 12.3 Å². The minimum Gasteiger partial charge on any atom is -0.472 e. The maximum absolute atomic E-state index is 12.4. The molecule has 0 spiro atoms. The van der Waals surface area contributed by atoms with Crippen LogP contribution in [0.4, 0.5) is 16.3 Å². The van der Waals surface area contributed by atoms with Gasteiger partial charge in [0, 0.05) is 18.8 Å². The summed E-state index contributed by atoms with van der Waals surface area (Å²) in [6, 6.07) is 1.47. The topological polar surface area (TPSA) is 96.9 Å². The highest BCUT2D eigenvalue weighted by Crippen LogP contribution is 2.28. The van der Waals surface area contributed by atoms with E-state index in [-0.39, 0.29) is 11.5 Å². The minimum absolute atomic E-state index is 0.0165. The van der Waals surface area contributed by atoms with Crippen LogP contribution in [-0.4, -0.2) is 32.1 Å². The zero-order chi connectivity index (χ0) is 21.1. The van der Waals surface area contributed by atoms with Crippen LogP contribution in [0, 0.1) is 17.3 Å². The van der Waals surface area contributed by atoms with Crippen molar-refractivity contribution in [3.8, 4) is 5.88 Å². The monoisotopic (exact) mass is 390 g/mol. The van der Waals surface area contributed by atoms with E-state index < -0.39 is 6.03 Å². The van der Waals surface area contributed by atoms with E-state index in [1.807, 2.05) is 13.0 Å². The maximum Gasteiger partial charge on any atom is 0.325 e. The molecule has 2 heterocycles. The highest BCUT2D eigenvalue weighted by atomic mass is 16.5. The van der Waals surface area contributed by atoms with Crippen LogP contribution in [0.2, 0.25) is 0 Å². The number of hydrogen-bond donors (Lipinski definition) is 3. The summed E-state index contributed by atoms with van der Waals surface area (Å²) >= 11 is 0. The third-order valence-electron chi connectivity index (χ3n) is 5.16. The van der Waals surface area contributed by atoms with Crippen LogP contribution in [0.25, 0.3) is 0 Å². The van der Waals surface area contributed by atoms with Gasteiger partial charge in [0.1, 0.15) is 11.8 Å².